The minimum atomic E-state index is -2.66. The lowest BCUT2D eigenvalue weighted by atomic mass is 9.82. The molecule has 18 heavy (non-hydrogen) atoms. The van der Waals surface area contributed by atoms with Crippen LogP contribution in [0.3, 0.4) is 0 Å². The normalized spacial score (nSPS) is 19.8. The number of Topliss-reactive ketones (excluding diaryl/α,β-unsaturated/α-hetero) is 1. The van der Waals surface area contributed by atoms with Gasteiger partial charge < -0.3 is 0 Å². The monoisotopic (exact) mass is 256 g/mol. The number of hydrogen-bond acceptors (Lipinski definition) is 1. The van der Waals surface area contributed by atoms with Gasteiger partial charge in [0, 0.05) is 18.8 Å². The van der Waals surface area contributed by atoms with Gasteiger partial charge in [-0.2, -0.15) is 0 Å². The van der Waals surface area contributed by atoms with E-state index < -0.39 is 17.7 Å². The van der Waals surface area contributed by atoms with Crippen LogP contribution in [0.15, 0.2) is 18.2 Å². The largest absolute Gasteiger partial charge is 0.294 e. The Balaban J connectivity index is 2.15. The van der Waals surface area contributed by atoms with Gasteiger partial charge in [0.1, 0.15) is 5.82 Å². The van der Waals surface area contributed by atoms with Crippen molar-refractivity contribution < 1.29 is 18.0 Å². The van der Waals surface area contributed by atoms with E-state index in [0.29, 0.717) is 0 Å². The van der Waals surface area contributed by atoms with Crippen molar-refractivity contribution in [2.45, 2.75) is 38.5 Å². The summed E-state index contributed by atoms with van der Waals surface area (Å²) in [5, 5.41) is 0. The second-order valence-electron chi connectivity index (χ2n) is 4.98. The summed E-state index contributed by atoms with van der Waals surface area (Å²) in [6, 6.07) is 4.32. The number of alkyl halides is 2. The maximum absolute atomic E-state index is 13.6. The third kappa shape index (κ3) is 2.74. The summed E-state index contributed by atoms with van der Waals surface area (Å²) < 4.78 is 39.6. The number of aryl methyl sites for hydroxylation is 1. The number of ketones is 1. The highest BCUT2D eigenvalue weighted by Crippen LogP contribution is 2.37. The molecule has 0 aromatic heterocycles. The predicted octanol–water partition coefficient (Wildman–Crippen LogP) is 4.14. The Kier molecular flexibility index (Phi) is 3.46. The lowest BCUT2D eigenvalue weighted by Crippen LogP contribution is -2.29. The molecule has 0 spiro atoms. The average Bonchev–Trinajstić information content (AvgIpc) is 2.31. The zero-order valence-corrected chi connectivity index (χ0v) is 10.2. The number of benzene rings is 1. The number of rotatable bonds is 2. The van der Waals surface area contributed by atoms with Crippen molar-refractivity contribution in [2.24, 2.45) is 5.92 Å². The van der Waals surface area contributed by atoms with E-state index in [1.165, 1.54) is 12.1 Å². The second kappa shape index (κ2) is 4.75. The molecule has 0 radical (unpaired) electrons. The fraction of sp³-hybridized carbons (Fsp3) is 0.500. The first-order valence-electron chi connectivity index (χ1n) is 6.07. The average molecular weight is 256 g/mol. The van der Waals surface area contributed by atoms with E-state index in [4.69, 9.17) is 0 Å². The van der Waals surface area contributed by atoms with Crippen molar-refractivity contribution in [3.63, 3.8) is 0 Å². The molecule has 1 aliphatic rings. The van der Waals surface area contributed by atoms with Crippen LogP contribution in [-0.4, -0.2) is 11.7 Å². The maximum Gasteiger partial charge on any atom is 0.248 e. The Morgan fingerprint density at radius 1 is 1.28 bits per heavy atom. The van der Waals surface area contributed by atoms with E-state index in [1.807, 2.05) is 0 Å². The summed E-state index contributed by atoms with van der Waals surface area (Å²) in [6.45, 7) is 1.77. The fourth-order valence-electron chi connectivity index (χ4n) is 2.35. The SMILES string of the molecule is Cc1ccc(F)c(C(=O)C2CCC(F)(F)CC2)c1. The van der Waals surface area contributed by atoms with Crippen LogP contribution in [0.5, 0.6) is 0 Å². The van der Waals surface area contributed by atoms with Crippen LogP contribution in [0, 0.1) is 18.7 Å². The van der Waals surface area contributed by atoms with Crippen LogP contribution < -0.4 is 0 Å². The van der Waals surface area contributed by atoms with Crippen molar-refractivity contribution in [3.8, 4) is 0 Å². The molecule has 0 amide bonds. The maximum atomic E-state index is 13.6. The first kappa shape index (κ1) is 13.1. The number of halogens is 3. The number of carbonyl (C=O) groups excluding carboxylic acids is 1. The second-order valence-corrected chi connectivity index (χ2v) is 4.98. The molecule has 98 valence electrons. The number of hydrogen-bond donors (Lipinski definition) is 0. The van der Waals surface area contributed by atoms with Crippen LogP contribution in [0.4, 0.5) is 13.2 Å². The van der Waals surface area contributed by atoms with Crippen molar-refractivity contribution in [2.75, 3.05) is 0 Å². The van der Waals surface area contributed by atoms with Crippen molar-refractivity contribution in [1.29, 1.82) is 0 Å². The van der Waals surface area contributed by atoms with E-state index in [1.54, 1.807) is 13.0 Å². The molecule has 0 unspecified atom stereocenters. The summed E-state index contributed by atoms with van der Waals surface area (Å²) in [5.41, 5.74) is 0.825. The minimum Gasteiger partial charge on any atom is -0.294 e. The molecule has 1 nitrogen and oxygen atoms in total. The molecule has 4 heteroatoms. The summed E-state index contributed by atoms with van der Waals surface area (Å²) in [5.74, 6) is -4.04. The van der Waals surface area contributed by atoms with Gasteiger partial charge in [-0.1, -0.05) is 11.6 Å². The zero-order chi connectivity index (χ0) is 13.3. The summed E-state index contributed by atoms with van der Waals surface area (Å²) in [6.07, 6.45) is -0.286. The van der Waals surface area contributed by atoms with E-state index in [-0.39, 0.29) is 37.0 Å². The third-order valence-electron chi connectivity index (χ3n) is 3.48. The topological polar surface area (TPSA) is 17.1 Å². The predicted molar refractivity (Wildman–Crippen MR) is 62.4 cm³/mol. The fourth-order valence-corrected chi connectivity index (χ4v) is 2.35. The highest BCUT2D eigenvalue weighted by atomic mass is 19.3. The molecule has 0 atom stereocenters. The Hall–Kier alpha value is -1.32. The molecular formula is C14H15F3O. The lowest BCUT2D eigenvalue weighted by Gasteiger charge is -2.27. The van der Waals surface area contributed by atoms with E-state index in [0.717, 1.165) is 5.56 Å². The Bertz CT molecular complexity index is 458. The number of carbonyl (C=O) groups is 1. The Morgan fingerprint density at radius 3 is 2.50 bits per heavy atom. The summed E-state index contributed by atoms with van der Waals surface area (Å²) >= 11 is 0. The van der Waals surface area contributed by atoms with Gasteiger partial charge >= 0.3 is 0 Å². The van der Waals surface area contributed by atoms with Crippen molar-refractivity contribution in [3.05, 3.63) is 35.1 Å². The molecule has 0 heterocycles. The molecule has 1 saturated carbocycles. The molecule has 0 aliphatic heterocycles. The lowest BCUT2D eigenvalue weighted by molar-refractivity contribution is -0.0424. The molecule has 0 saturated heterocycles. The zero-order valence-electron chi connectivity index (χ0n) is 10.2. The minimum absolute atomic E-state index is 0.0326. The Labute approximate surface area is 104 Å². The molecule has 2 rings (SSSR count). The standard InChI is InChI=1S/C14H15F3O/c1-9-2-3-12(15)11(8-9)13(18)10-4-6-14(16,17)7-5-10/h2-3,8,10H,4-7H2,1H3. The van der Waals surface area contributed by atoms with Crippen LogP contribution in [0.25, 0.3) is 0 Å². The van der Waals surface area contributed by atoms with Gasteiger partial charge in [-0.3, -0.25) is 4.79 Å². The smallest absolute Gasteiger partial charge is 0.248 e. The van der Waals surface area contributed by atoms with Crippen LogP contribution >= 0.6 is 0 Å². The first-order chi connectivity index (χ1) is 8.39. The van der Waals surface area contributed by atoms with E-state index in [2.05, 4.69) is 0 Å². The van der Waals surface area contributed by atoms with E-state index in [9.17, 15) is 18.0 Å². The van der Waals surface area contributed by atoms with E-state index >= 15 is 0 Å². The summed E-state index contributed by atoms with van der Waals surface area (Å²) in [7, 11) is 0. The molecule has 0 bridgehead atoms. The Morgan fingerprint density at radius 2 is 1.89 bits per heavy atom. The van der Waals surface area contributed by atoms with Crippen molar-refractivity contribution in [1.82, 2.24) is 0 Å². The molecular weight excluding hydrogens is 241 g/mol. The van der Waals surface area contributed by atoms with Crippen LogP contribution in [-0.2, 0) is 0 Å². The van der Waals surface area contributed by atoms with Gasteiger partial charge in [0.2, 0.25) is 5.92 Å². The quantitative estimate of drug-likeness (QED) is 0.727. The molecule has 1 fully saturated rings. The van der Waals surface area contributed by atoms with Gasteiger partial charge in [0.05, 0.1) is 5.56 Å². The summed E-state index contributed by atoms with van der Waals surface area (Å²) in [4.78, 5) is 12.1. The van der Waals surface area contributed by atoms with Gasteiger partial charge in [0.25, 0.3) is 0 Å². The molecule has 1 aromatic carbocycles. The van der Waals surface area contributed by atoms with Crippen LogP contribution in [0.1, 0.15) is 41.6 Å². The third-order valence-corrected chi connectivity index (χ3v) is 3.48. The van der Waals surface area contributed by atoms with Gasteiger partial charge in [-0.05, 0) is 31.9 Å². The highest BCUT2D eigenvalue weighted by Gasteiger charge is 2.37. The van der Waals surface area contributed by atoms with Crippen LogP contribution in [0.2, 0.25) is 0 Å². The van der Waals surface area contributed by atoms with Gasteiger partial charge in [-0.25, -0.2) is 13.2 Å². The van der Waals surface area contributed by atoms with Gasteiger partial charge in [0.15, 0.2) is 5.78 Å². The molecule has 1 aromatic rings. The molecule has 0 N–H and O–H groups in total. The first-order valence-corrected chi connectivity index (χ1v) is 6.07. The van der Waals surface area contributed by atoms with Gasteiger partial charge in [-0.15, -0.1) is 0 Å². The highest BCUT2D eigenvalue weighted by molar-refractivity contribution is 5.98. The molecule has 1 aliphatic carbocycles. The van der Waals surface area contributed by atoms with Crippen molar-refractivity contribution >= 4 is 5.78 Å².